The van der Waals surface area contributed by atoms with Gasteiger partial charge >= 0.3 is 11.9 Å². The lowest BCUT2D eigenvalue weighted by Gasteiger charge is -2.09. The lowest BCUT2D eigenvalue weighted by Crippen LogP contribution is -2.05. The summed E-state index contributed by atoms with van der Waals surface area (Å²) in [6.45, 7) is 6.56. The van der Waals surface area contributed by atoms with Crippen molar-refractivity contribution in [1.82, 2.24) is 28.9 Å². The maximum Gasteiger partial charge on any atom is 0.337 e. The van der Waals surface area contributed by atoms with E-state index < -0.39 is 5.97 Å². The van der Waals surface area contributed by atoms with Gasteiger partial charge in [-0.25, -0.2) is 19.6 Å². The predicted octanol–water partition coefficient (Wildman–Crippen LogP) is 5.42. The minimum absolute atomic E-state index is 0.205. The van der Waals surface area contributed by atoms with Gasteiger partial charge < -0.3 is 28.5 Å². The second-order valence-corrected chi connectivity index (χ2v) is 11.5. The van der Waals surface area contributed by atoms with Crippen LogP contribution in [-0.2, 0) is 17.8 Å². The van der Waals surface area contributed by atoms with E-state index in [1.807, 2.05) is 33.8 Å². The predicted molar refractivity (Wildman–Crippen MR) is 169 cm³/mol. The molecule has 0 radical (unpaired) electrons. The van der Waals surface area contributed by atoms with Gasteiger partial charge in [-0.05, 0) is 78.9 Å². The second-order valence-electron chi connectivity index (χ2n) is 10.4. The molecule has 0 fully saturated rings. The maximum atomic E-state index is 11.5. The van der Waals surface area contributed by atoms with Crippen LogP contribution in [0.2, 0.25) is 0 Å². The molecule has 3 aromatic heterocycles. The third-order valence-electron chi connectivity index (χ3n) is 7.24. The van der Waals surface area contributed by atoms with E-state index >= 15 is 0 Å². The minimum atomic E-state index is -0.972. The summed E-state index contributed by atoms with van der Waals surface area (Å²) in [7, 11) is 1.37. The number of carbonyl (C=O) groups is 2. The van der Waals surface area contributed by atoms with Crippen molar-refractivity contribution in [2.75, 3.05) is 20.3 Å². The molecule has 0 saturated heterocycles. The van der Waals surface area contributed by atoms with Crippen molar-refractivity contribution in [3.63, 3.8) is 0 Å². The van der Waals surface area contributed by atoms with Crippen LogP contribution in [0.5, 0.6) is 11.5 Å². The minimum Gasteiger partial charge on any atom is -0.491 e. The number of halogens is 1. The van der Waals surface area contributed by atoms with Gasteiger partial charge in [0, 0.05) is 24.6 Å². The summed E-state index contributed by atoms with van der Waals surface area (Å²) in [6, 6.07) is 12.4. The molecule has 7 rings (SSSR count). The zero-order valence-corrected chi connectivity index (χ0v) is 26.4. The number of rotatable bonds is 4. The Hall–Kier alpha value is -4.66. The molecule has 12 nitrogen and oxygen atoms in total. The third-order valence-corrected chi connectivity index (χ3v) is 7.76. The molecule has 44 heavy (non-hydrogen) atoms. The van der Waals surface area contributed by atoms with Crippen LogP contribution < -0.4 is 9.47 Å². The average molecular weight is 709 g/mol. The molecule has 226 valence electrons. The van der Waals surface area contributed by atoms with E-state index in [4.69, 9.17) is 19.2 Å². The summed E-state index contributed by atoms with van der Waals surface area (Å²) in [6.07, 6.45) is 5.76. The summed E-state index contributed by atoms with van der Waals surface area (Å²) in [5.41, 5.74) is 4.18. The monoisotopic (exact) mass is 708 g/mol. The molecule has 0 aliphatic carbocycles. The first kappa shape index (κ1) is 29.4. The molecule has 2 aromatic carbocycles. The molecule has 1 N–H and O–H groups in total. The molecular weight excluding hydrogens is 679 g/mol. The molecule has 2 aliphatic rings. The van der Waals surface area contributed by atoms with Gasteiger partial charge in [0.05, 0.1) is 48.1 Å². The number of ether oxygens (including phenoxy) is 3. The first-order chi connectivity index (χ1) is 21.2. The Morgan fingerprint density at radius 2 is 1.52 bits per heavy atom. The summed E-state index contributed by atoms with van der Waals surface area (Å²) in [4.78, 5) is 32.0. The standard InChI is InChI=1S/C18H18N4O3.C13H11IN2O3/c1-11(2)22-15(5-6-19-22)14-10-21-7-8-25-16-9-12(18(23)24)3-4-13(16)17(21)20-14;1-18-13(17)8-2-3-9-10(6-8)19-5-4-16-7-11(14)15-12(9)16/h3-6,9-11H,7-8H2,1-2H3,(H,23,24);2-3,6-7H,4-5H2,1H3. The van der Waals surface area contributed by atoms with Crippen LogP contribution in [0.3, 0.4) is 0 Å². The van der Waals surface area contributed by atoms with Gasteiger partial charge in [-0.15, -0.1) is 0 Å². The molecule has 5 heterocycles. The zero-order chi connectivity index (χ0) is 31.0. The van der Waals surface area contributed by atoms with Crippen molar-refractivity contribution in [2.45, 2.75) is 33.0 Å². The first-order valence-corrected chi connectivity index (χ1v) is 15.0. The Bertz CT molecular complexity index is 1870. The van der Waals surface area contributed by atoms with E-state index in [1.165, 1.54) is 7.11 Å². The lowest BCUT2D eigenvalue weighted by molar-refractivity contribution is 0.0599. The van der Waals surface area contributed by atoms with Gasteiger partial charge in [-0.3, -0.25) is 4.68 Å². The van der Waals surface area contributed by atoms with Gasteiger partial charge in [0.15, 0.2) is 0 Å². The fourth-order valence-corrected chi connectivity index (χ4v) is 5.73. The van der Waals surface area contributed by atoms with E-state index in [9.17, 15) is 14.7 Å². The molecule has 0 saturated carbocycles. The van der Waals surface area contributed by atoms with Crippen LogP contribution in [0.15, 0.2) is 61.1 Å². The number of aromatic carboxylic acids is 1. The molecule has 0 bridgehead atoms. The number of esters is 1. The Kier molecular flexibility index (Phi) is 8.12. The normalized spacial score (nSPS) is 13.0. The molecule has 0 amide bonds. The van der Waals surface area contributed by atoms with Crippen LogP contribution in [0.1, 0.15) is 40.6 Å². The van der Waals surface area contributed by atoms with Crippen molar-refractivity contribution in [1.29, 1.82) is 0 Å². The molecule has 0 atom stereocenters. The van der Waals surface area contributed by atoms with Gasteiger partial charge in [0.2, 0.25) is 0 Å². The Morgan fingerprint density at radius 1 is 0.909 bits per heavy atom. The number of benzene rings is 2. The number of imidazole rings is 2. The van der Waals surface area contributed by atoms with Crippen LogP contribution in [-0.4, -0.2) is 66.3 Å². The van der Waals surface area contributed by atoms with Crippen molar-refractivity contribution >= 4 is 34.5 Å². The topological polar surface area (TPSA) is 136 Å². The highest BCUT2D eigenvalue weighted by Crippen LogP contribution is 2.35. The molecule has 0 spiro atoms. The number of hydrogen-bond donors (Lipinski definition) is 1. The number of fused-ring (bicyclic) bond motifs is 6. The van der Waals surface area contributed by atoms with Crippen molar-refractivity contribution in [3.05, 3.63) is 75.9 Å². The van der Waals surface area contributed by atoms with Crippen molar-refractivity contribution in [3.8, 4) is 45.7 Å². The first-order valence-electron chi connectivity index (χ1n) is 13.9. The maximum absolute atomic E-state index is 11.5. The highest BCUT2D eigenvalue weighted by molar-refractivity contribution is 14.1. The highest BCUT2D eigenvalue weighted by atomic mass is 127. The van der Waals surface area contributed by atoms with E-state index in [0.29, 0.717) is 36.8 Å². The van der Waals surface area contributed by atoms with Crippen LogP contribution >= 0.6 is 22.6 Å². The van der Waals surface area contributed by atoms with Crippen molar-refractivity contribution in [2.24, 2.45) is 0 Å². The number of carboxylic acid groups (broad SMARTS) is 1. The highest BCUT2D eigenvalue weighted by Gasteiger charge is 2.22. The van der Waals surface area contributed by atoms with Crippen molar-refractivity contribution < 1.29 is 28.9 Å². The van der Waals surface area contributed by atoms with Gasteiger partial charge in [0.1, 0.15) is 45.8 Å². The number of methoxy groups -OCH3 is 1. The van der Waals surface area contributed by atoms with E-state index in [1.54, 1.807) is 36.5 Å². The number of nitrogens with zero attached hydrogens (tertiary/aromatic N) is 6. The summed E-state index contributed by atoms with van der Waals surface area (Å²) in [5, 5.41) is 13.5. The van der Waals surface area contributed by atoms with Crippen LogP contribution in [0, 0.1) is 3.70 Å². The number of carbonyl (C=O) groups excluding carboxylic acids is 1. The third kappa shape index (κ3) is 5.66. The quantitative estimate of drug-likeness (QED) is 0.192. The number of aromatic nitrogens is 6. The Morgan fingerprint density at radius 3 is 2.16 bits per heavy atom. The second kappa shape index (κ2) is 12.1. The molecule has 2 aliphatic heterocycles. The van der Waals surface area contributed by atoms with Gasteiger partial charge in [-0.2, -0.15) is 5.10 Å². The summed E-state index contributed by atoms with van der Waals surface area (Å²) < 4.78 is 23.1. The summed E-state index contributed by atoms with van der Waals surface area (Å²) >= 11 is 2.19. The van der Waals surface area contributed by atoms with Crippen LogP contribution in [0.4, 0.5) is 0 Å². The Balaban J connectivity index is 0.000000162. The molecule has 0 unspecified atom stereocenters. The number of carboxylic acids is 1. The average Bonchev–Trinajstić information content (AvgIpc) is 3.71. The van der Waals surface area contributed by atoms with E-state index in [2.05, 4.69) is 51.1 Å². The number of hydrogen-bond acceptors (Lipinski definition) is 8. The summed E-state index contributed by atoms with van der Waals surface area (Å²) in [5.74, 6) is 1.52. The van der Waals surface area contributed by atoms with E-state index in [0.717, 1.165) is 44.4 Å². The smallest absolute Gasteiger partial charge is 0.337 e. The Labute approximate surface area is 266 Å². The zero-order valence-electron chi connectivity index (χ0n) is 24.2. The van der Waals surface area contributed by atoms with Crippen LogP contribution in [0.25, 0.3) is 34.2 Å². The molecule has 13 heteroatoms. The van der Waals surface area contributed by atoms with Gasteiger partial charge in [0.25, 0.3) is 0 Å². The van der Waals surface area contributed by atoms with E-state index in [-0.39, 0.29) is 17.6 Å². The van der Waals surface area contributed by atoms with Gasteiger partial charge in [-0.1, -0.05) is 0 Å². The molecular formula is C31H29IN6O6. The SMILES string of the molecule is CC(C)n1nccc1-c1cn2c(n1)-c1ccc(C(=O)O)cc1OCC2.COC(=O)c1ccc2c(c1)OCCn1cc(I)nc1-2. The largest absolute Gasteiger partial charge is 0.491 e. The lowest BCUT2D eigenvalue weighted by atomic mass is 10.1. The fourth-order valence-electron chi connectivity index (χ4n) is 5.16. The fraction of sp³-hybridized carbons (Fsp3) is 0.258. The molecule has 5 aromatic rings.